The summed E-state index contributed by atoms with van der Waals surface area (Å²) in [6.07, 6.45) is -2.40. The fourth-order valence-electron chi connectivity index (χ4n) is 1.90. The summed E-state index contributed by atoms with van der Waals surface area (Å²) in [5, 5.41) is 3.33. The average Bonchev–Trinajstić information content (AvgIpc) is 2.40. The highest BCUT2D eigenvalue weighted by molar-refractivity contribution is 5.52. The third-order valence-electron chi connectivity index (χ3n) is 3.11. The van der Waals surface area contributed by atoms with E-state index in [1.807, 2.05) is 13.8 Å². The lowest BCUT2D eigenvalue weighted by Gasteiger charge is -2.11. The zero-order valence-electron chi connectivity index (χ0n) is 11.1. The van der Waals surface area contributed by atoms with Gasteiger partial charge < -0.3 is 5.32 Å². The predicted molar refractivity (Wildman–Crippen MR) is 74.6 cm³/mol. The van der Waals surface area contributed by atoms with Gasteiger partial charge in [-0.15, -0.1) is 0 Å². The zero-order chi connectivity index (χ0) is 13.8. The van der Waals surface area contributed by atoms with Gasteiger partial charge in [0.1, 0.15) is 0 Å². The fourth-order valence-corrected chi connectivity index (χ4v) is 1.90. The summed E-state index contributed by atoms with van der Waals surface area (Å²) in [6, 6.07) is 12.6. The molecule has 2 aromatic rings. The summed E-state index contributed by atoms with van der Waals surface area (Å²) < 4.78 is 24.9. The minimum atomic E-state index is -2.40. The molecule has 0 saturated carbocycles. The van der Waals surface area contributed by atoms with Gasteiger partial charge in [-0.2, -0.15) is 0 Å². The van der Waals surface area contributed by atoms with Gasteiger partial charge in [-0.25, -0.2) is 8.78 Å². The largest absolute Gasteiger partial charge is 0.381 e. The van der Waals surface area contributed by atoms with Crippen molar-refractivity contribution in [2.75, 3.05) is 5.32 Å². The maximum Gasteiger partial charge on any atom is 0.263 e. The van der Waals surface area contributed by atoms with Crippen molar-refractivity contribution in [1.82, 2.24) is 0 Å². The van der Waals surface area contributed by atoms with E-state index in [1.54, 1.807) is 12.1 Å². The normalized spacial score (nSPS) is 10.8. The summed E-state index contributed by atoms with van der Waals surface area (Å²) in [4.78, 5) is 0. The molecule has 1 N–H and O–H groups in total. The van der Waals surface area contributed by atoms with Gasteiger partial charge in [-0.3, -0.25) is 0 Å². The molecule has 100 valence electrons. The molecule has 0 spiro atoms. The molecule has 2 aromatic carbocycles. The molecule has 0 aliphatic heterocycles. The van der Waals surface area contributed by atoms with Crippen molar-refractivity contribution >= 4 is 5.69 Å². The van der Waals surface area contributed by atoms with E-state index in [0.717, 1.165) is 11.3 Å². The van der Waals surface area contributed by atoms with E-state index in [9.17, 15) is 8.78 Å². The number of rotatable bonds is 4. The van der Waals surface area contributed by atoms with Crippen molar-refractivity contribution in [2.45, 2.75) is 26.8 Å². The first-order valence-electron chi connectivity index (χ1n) is 6.24. The Morgan fingerprint density at radius 1 is 1.00 bits per heavy atom. The Morgan fingerprint density at radius 2 is 1.68 bits per heavy atom. The molecular formula is C16H17F2N. The van der Waals surface area contributed by atoms with Crippen LogP contribution in [0.15, 0.2) is 42.5 Å². The second-order valence-corrected chi connectivity index (χ2v) is 4.71. The lowest BCUT2D eigenvalue weighted by molar-refractivity contribution is 0.151. The predicted octanol–water partition coefficient (Wildman–Crippen LogP) is 4.85. The third-order valence-corrected chi connectivity index (χ3v) is 3.11. The van der Waals surface area contributed by atoms with E-state index in [0.29, 0.717) is 6.54 Å². The van der Waals surface area contributed by atoms with E-state index >= 15 is 0 Å². The number of aryl methyl sites for hydroxylation is 2. The van der Waals surface area contributed by atoms with Crippen LogP contribution in [0.1, 0.15) is 28.7 Å². The Hall–Kier alpha value is -1.90. The smallest absolute Gasteiger partial charge is 0.263 e. The summed E-state index contributed by atoms with van der Waals surface area (Å²) in [7, 11) is 0. The number of halogens is 2. The maximum absolute atomic E-state index is 12.4. The minimum Gasteiger partial charge on any atom is -0.381 e. The molecular weight excluding hydrogens is 244 g/mol. The fraction of sp³-hybridized carbons (Fsp3) is 0.250. The molecule has 1 nitrogen and oxygen atoms in total. The second kappa shape index (κ2) is 5.83. The molecule has 2 rings (SSSR count). The second-order valence-electron chi connectivity index (χ2n) is 4.71. The quantitative estimate of drug-likeness (QED) is 0.829. The topological polar surface area (TPSA) is 12.0 Å². The van der Waals surface area contributed by atoms with Crippen molar-refractivity contribution in [3.63, 3.8) is 0 Å². The van der Waals surface area contributed by atoms with Crippen LogP contribution < -0.4 is 5.32 Å². The number of alkyl halides is 2. The summed E-state index contributed by atoms with van der Waals surface area (Å²) in [5.41, 5.74) is 4.51. The van der Waals surface area contributed by atoms with Crippen molar-refractivity contribution in [3.05, 3.63) is 64.7 Å². The van der Waals surface area contributed by atoms with Crippen LogP contribution in [0.3, 0.4) is 0 Å². The van der Waals surface area contributed by atoms with Crippen LogP contribution in [0.5, 0.6) is 0 Å². The molecule has 0 saturated heterocycles. The van der Waals surface area contributed by atoms with Gasteiger partial charge in [0.05, 0.1) is 0 Å². The standard InChI is InChI=1S/C16H17F2N/c1-11-3-4-12(2)15(9-11)19-10-13-5-7-14(8-6-13)16(17)18/h3-9,16,19H,10H2,1-2H3. The van der Waals surface area contributed by atoms with Gasteiger partial charge in [0.25, 0.3) is 6.43 Å². The lowest BCUT2D eigenvalue weighted by atomic mass is 10.1. The van der Waals surface area contributed by atoms with E-state index in [4.69, 9.17) is 0 Å². The van der Waals surface area contributed by atoms with Crippen molar-refractivity contribution in [2.24, 2.45) is 0 Å². The average molecular weight is 261 g/mol. The van der Waals surface area contributed by atoms with Gasteiger partial charge in [0, 0.05) is 17.8 Å². The number of hydrogen-bond acceptors (Lipinski definition) is 1. The molecule has 0 aliphatic rings. The SMILES string of the molecule is Cc1ccc(C)c(NCc2ccc(C(F)F)cc2)c1. The molecule has 0 heterocycles. The first kappa shape index (κ1) is 13.5. The number of nitrogens with one attached hydrogen (secondary N) is 1. The molecule has 0 amide bonds. The zero-order valence-corrected chi connectivity index (χ0v) is 11.1. The monoisotopic (exact) mass is 261 g/mol. The van der Waals surface area contributed by atoms with E-state index in [1.165, 1.54) is 23.3 Å². The minimum absolute atomic E-state index is 0.0653. The molecule has 0 aromatic heterocycles. The molecule has 0 unspecified atom stereocenters. The number of benzene rings is 2. The summed E-state index contributed by atoms with van der Waals surface area (Å²) in [6.45, 7) is 4.72. The van der Waals surface area contributed by atoms with Crippen molar-refractivity contribution in [1.29, 1.82) is 0 Å². The highest BCUT2D eigenvalue weighted by atomic mass is 19.3. The molecule has 3 heteroatoms. The summed E-state index contributed by atoms with van der Waals surface area (Å²) in [5.74, 6) is 0. The van der Waals surface area contributed by atoms with Crippen LogP contribution in [-0.4, -0.2) is 0 Å². The van der Waals surface area contributed by atoms with Crippen LogP contribution in [-0.2, 0) is 6.54 Å². The first-order chi connectivity index (χ1) is 9.06. The van der Waals surface area contributed by atoms with Crippen LogP contribution in [0.2, 0.25) is 0 Å². The van der Waals surface area contributed by atoms with Gasteiger partial charge in [0.2, 0.25) is 0 Å². The number of anilines is 1. The maximum atomic E-state index is 12.4. The third kappa shape index (κ3) is 3.53. The lowest BCUT2D eigenvalue weighted by Crippen LogP contribution is -2.01. The number of hydrogen-bond donors (Lipinski definition) is 1. The van der Waals surface area contributed by atoms with Crippen LogP contribution in [0.4, 0.5) is 14.5 Å². The van der Waals surface area contributed by atoms with Crippen LogP contribution in [0.25, 0.3) is 0 Å². The van der Waals surface area contributed by atoms with E-state index in [-0.39, 0.29) is 5.56 Å². The van der Waals surface area contributed by atoms with E-state index < -0.39 is 6.43 Å². The Balaban J connectivity index is 2.04. The molecule has 0 fully saturated rings. The Morgan fingerprint density at radius 3 is 2.32 bits per heavy atom. The van der Waals surface area contributed by atoms with Crippen LogP contribution in [0, 0.1) is 13.8 Å². The van der Waals surface area contributed by atoms with Crippen LogP contribution >= 0.6 is 0 Å². The Bertz CT molecular complexity index is 547. The molecule has 19 heavy (non-hydrogen) atoms. The van der Waals surface area contributed by atoms with Gasteiger partial charge >= 0.3 is 0 Å². The first-order valence-corrected chi connectivity index (χ1v) is 6.24. The summed E-state index contributed by atoms with van der Waals surface area (Å²) >= 11 is 0. The van der Waals surface area contributed by atoms with E-state index in [2.05, 4.69) is 23.5 Å². The highest BCUT2D eigenvalue weighted by Gasteiger charge is 2.05. The van der Waals surface area contributed by atoms with Gasteiger partial charge in [0.15, 0.2) is 0 Å². The molecule has 0 radical (unpaired) electrons. The van der Waals surface area contributed by atoms with Crippen molar-refractivity contribution in [3.8, 4) is 0 Å². The highest BCUT2D eigenvalue weighted by Crippen LogP contribution is 2.20. The molecule has 0 atom stereocenters. The van der Waals surface area contributed by atoms with Gasteiger partial charge in [-0.1, -0.05) is 36.4 Å². The molecule has 0 bridgehead atoms. The van der Waals surface area contributed by atoms with Crippen molar-refractivity contribution < 1.29 is 8.78 Å². The van der Waals surface area contributed by atoms with Gasteiger partial charge in [-0.05, 0) is 36.6 Å². The Labute approximate surface area is 112 Å². The molecule has 0 aliphatic carbocycles. The Kier molecular flexibility index (Phi) is 4.15.